The molecular formula is C13H17B2N3O2. The summed E-state index contributed by atoms with van der Waals surface area (Å²) in [4.78, 5) is 19.6. The van der Waals surface area contributed by atoms with Crippen LogP contribution in [-0.2, 0) is 11.3 Å². The van der Waals surface area contributed by atoms with Crippen molar-refractivity contribution in [3.63, 3.8) is 0 Å². The molecule has 5 nitrogen and oxygen atoms in total. The second-order valence-corrected chi connectivity index (χ2v) is 4.91. The average molecular weight is 269 g/mol. The van der Waals surface area contributed by atoms with Gasteiger partial charge in [-0.2, -0.15) is 0 Å². The number of imidazole rings is 1. The largest absolute Gasteiger partial charge is 0.381 e. The summed E-state index contributed by atoms with van der Waals surface area (Å²) in [5, 5.41) is 0. The smallest absolute Gasteiger partial charge is 0.278 e. The lowest BCUT2D eigenvalue weighted by atomic mass is 9.81. The van der Waals surface area contributed by atoms with Crippen LogP contribution < -0.4 is 5.56 Å². The van der Waals surface area contributed by atoms with E-state index < -0.39 is 0 Å². The molecule has 0 atom stereocenters. The van der Waals surface area contributed by atoms with Crippen LogP contribution in [0.3, 0.4) is 0 Å². The van der Waals surface area contributed by atoms with Gasteiger partial charge < -0.3 is 14.3 Å². The van der Waals surface area contributed by atoms with Gasteiger partial charge in [0.15, 0.2) is 5.52 Å². The minimum atomic E-state index is 0.00309. The number of ether oxygens (including phenoxy) is 1. The SMILES string of the molecule is Cc1nc2c(=O)n(CC3CCOCC3)ccc2[nH]1.[B][B]. The zero-order chi connectivity index (χ0) is 14.5. The molecule has 0 amide bonds. The predicted octanol–water partition coefficient (Wildman–Crippen LogP) is 0.698. The third-order valence-corrected chi connectivity index (χ3v) is 3.53. The van der Waals surface area contributed by atoms with Crippen molar-refractivity contribution >= 4 is 26.5 Å². The highest BCUT2D eigenvalue weighted by atomic mass is 16.5. The quantitative estimate of drug-likeness (QED) is 0.816. The predicted molar refractivity (Wildman–Crippen MR) is 80.1 cm³/mol. The lowest BCUT2D eigenvalue weighted by Gasteiger charge is -2.22. The number of H-pyrrole nitrogens is 1. The Bertz CT molecular complexity index is 618. The van der Waals surface area contributed by atoms with E-state index in [2.05, 4.69) is 25.4 Å². The van der Waals surface area contributed by atoms with Gasteiger partial charge in [-0.1, -0.05) is 0 Å². The van der Waals surface area contributed by atoms with Crippen molar-refractivity contribution in [1.82, 2.24) is 14.5 Å². The highest BCUT2D eigenvalue weighted by Crippen LogP contribution is 2.16. The summed E-state index contributed by atoms with van der Waals surface area (Å²) in [7, 11) is 8.00. The second kappa shape index (κ2) is 6.79. The second-order valence-electron chi connectivity index (χ2n) is 4.91. The number of rotatable bonds is 2. The summed E-state index contributed by atoms with van der Waals surface area (Å²) in [6.45, 7) is 4.25. The molecule has 0 unspecified atom stereocenters. The van der Waals surface area contributed by atoms with Gasteiger partial charge in [-0.25, -0.2) is 4.98 Å². The molecule has 0 spiro atoms. The maximum absolute atomic E-state index is 12.3. The van der Waals surface area contributed by atoms with Gasteiger partial charge in [0.05, 0.1) is 5.52 Å². The Hall–Kier alpha value is -1.49. The van der Waals surface area contributed by atoms with Gasteiger partial charge in [-0.05, 0) is 31.7 Å². The van der Waals surface area contributed by atoms with Crippen LogP contribution in [0, 0.1) is 12.8 Å². The van der Waals surface area contributed by atoms with Crippen LogP contribution in [0.1, 0.15) is 18.7 Å². The monoisotopic (exact) mass is 269 g/mol. The van der Waals surface area contributed by atoms with Crippen LogP contribution in [0.25, 0.3) is 11.0 Å². The van der Waals surface area contributed by atoms with Crippen LogP contribution in [-0.4, -0.2) is 43.2 Å². The molecule has 1 N–H and O–H groups in total. The number of aromatic amines is 1. The Kier molecular flexibility index (Phi) is 5.06. The first-order valence-electron chi connectivity index (χ1n) is 6.71. The number of nitrogens with one attached hydrogen (secondary N) is 1. The zero-order valence-corrected chi connectivity index (χ0v) is 11.6. The maximum atomic E-state index is 12.3. The van der Waals surface area contributed by atoms with Crippen LogP contribution in [0.15, 0.2) is 17.1 Å². The molecule has 1 fully saturated rings. The first kappa shape index (κ1) is 14.9. The minimum absolute atomic E-state index is 0.00309. The molecule has 7 heteroatoms. The summed E-state index contributed by atoms with van der Waals surface area (Å²) in [6.07, 6.45) is 3.92. The molecule has 102 valence electrons. The van der Waals surface area contributed by atoms with E-state index in [0.29, 0.717) is 11.4 Å². The molecule has 3 heterocycles. The van der Waals surface area contributed by atoms with E-state index in [-0.39, 0.29) is 5.56 Å². The highest BCUT2D eigenvalue weighted by molar-refractivity contribution is 6.75. The van der Waals surface area contributed by atoms with E-state index in [1.54, 1.807) is 4.57 Å². The number of hydrogen-bond acceptors (Lipinski definition) is 3. The molecule has 1 saturated heterocycles. The number of aromatic nitrogens is 3. The Balaban J connectivity index is 0.000000704. The first-order valence-corrected chi connectivity index (χ1v) is 6.71. The lowest BCUT2D eigenvalue weighted by molar-refractivity contribution is 0.0610. The summed E-state index contributed by atoms with van der Waals surface area (Å²) in [6, 6.07) is 1.93. The fourth-order valence-corrected chi connectivity index (χ4v) is 2.51. The van der Waals surface area contributed by atoms with Crippen molar-refractivity contribution in [1.29, 1.82) is 0 Å². The fourth-order valence-electron chi connectivity index (χ4n) is 2.51. The summed E-state index contributed by atoms with van der Waals surface area (Å²) < 4.78 is 7.11. The molecule has 4 radical (unpaired) electrons. The fraction of sp³-hybridized carbons (Fsp3) is 0.538. The van der Waals surface area contributed by atoms with Crippen molar-refractivity contribution in [2.24, 2.45) is 5.92 Å². The topological polar surface area (TPSA) is 59.9 Å². The van der Waals surface area contributed by atoms with Crippen LogP contribution in [0.4, 0.5) is 0 Å². The zero-order valence-electron chi connectivity index (χ0n) is 11.6. The third kappa shape index (κ3) is 3.15. The average Bonchev–Trinajstić information content (AvgIpc) is 2.87. The molecule has 20 heavy (non-hydrogen) atoms. The van der Waals surface area contributed by atoms with Crippen LogP contribution >= 0.6 is 0 Å². The van der Waals surface area contributed by atoms with E-state index in [1.165, 1.54) is 0 Å². The molecule has 2 aromatic rings. The lowest BCUT2D eigenvalue weighted by Crippen LogP contribution is -2.27. The van der Waals surface area contributed by atoms with Gasteiger partial charge in [0.25, 0.3) is 5.56 Å². The Labute approximate surface area is 120 Å². The van der Waals surface area contributed by atoms with E-state index >= 15 is 0 Å². The van der Waals surface area contributed by atoms with E-state index in [0.717, 1.165) is 43.9 Å². The van der Waals surface area contributed by atoms with Crippen molar-refractivity contribution in [2.45, 2.75) is 26.3 Å². The molecule has 0 saturated carbocycles. The summed E-state index contributed by atoms with van der Waals surface area (Å²) in [5.41, 5.74) is 1.37. The van der Waals surface area contributed by atoms with Crippen LogP contribution in [0.5, 0.6) is 0 Å². The molecule has 1 aliphatic rings. The van der Waals surface area contributed by atoms with Crippen molar-refractivity contribution < 1.29 is 4.74 Å². The van der Waals surface area contributed by atoms with Gasteiger partial charge in [-0.15, -0.1) is 0 Å². The van der Waals surface area contributed by atoms with E-state index in [4.69, 9.17) is 4.74 Å². The van der Waals surface area contributed by atoms with Gasteiger partial charge in [-0.3, -0.25) is 4.79 Å². The van der Waals surface area contributed by atoms with Gasteiger partial charge in [0, 0.05) is 41.4 Å². The maximum Gasteiger partial charge on any atom is 0.278 e. The third-order valence-electron chi connectivity index (χ3n) is 3.53. The Morgan fingerprint density at radius 3 is 2.85 bits per heavy atom. The molecule has 0 aromatic carbocycles. The van der Waals surface area contributed by atoms with E-state index in [9.17, 15) is 4.79 Å². The molecule has 1 aliphatic heterocycles. The van der Waals surface area contributed by atoms with Crippen molar-refractivity contribution in [2.75, 3.05) is 13.2 Å². The molecular weight excluding hydrogens is 252 g/mol. The number of pyridine rings is 1. The van der Waals surface area contributed by atoms with Crippen molar-refractivity contribution in [3.05, 3.63) is 28.4 Å². The first-order chi connectivity index (χ1) is 9.74. The van der Waals surface area contributed by atoms with Gasteiger partial charge in [0.1, 0.15) is 5.82 Å². The minimum Gasteiger partial charge on any atom is -0.381 e. The number of aryl methyl sites for hydroxylation is 1. The van der Waals surface area contributed by atoms with E-state index in [1.807, 2.05) is 19.2 Å². The number of hydrogen-bond donors (Lipinski definition) is 1. The molecule has 0 bridgehead atoms. The molecule has 2 aromatic heterocycles. The number of nitrogens with zero attached hydrogens (tertiary/aromatic N) is 2. The Morgan fingerprint density at radius 2 is 2.15 bits per heavy atom. The Morgan fingerprint density at radius 1 is 1.45 bits per heavy atom. The standard InChI is InChI=1S/C13H17N3O2.B2/c1-9-14-11-2-5-16(13(17)12(11)15-9)8-10-3-6-18-7-4-10;1-2/h2,5,10H,3-4,6-8H2,1H3,(H,14,15);. The van der Waals surface area contributed by atoms with Crippen molar-refractivity contribution in [3.8, 4) is 0 Å². The summed E-state index contributed by atoms with van der Waals surface area (Å²) in [5.74, 6) is 1.32. The normalized spacial score (nSPS) is 15.8. The summed E-state index contributed by atoms with van der Waals surface area (Å²) >= 11 is 0. The number of fused-ring (bicyclic) bond motifs is 1. The molecule has 0 aliphatic carbocycles. The van der Waals surface area contributed by atoms with Gasteiger partial charge >= 0.3 is 0 Å². The van der Waals surface area contributed by atoms with Crippen LogP contribution in [0.2, 0.25) is 0 Å². The highest BCUT2D eigenvalue weighted by Gasteiger charge is 2.16. The van der Waals surface area contributed by atoms with Gasteiger partial charge in [0.2, 0.25) is 0 Å². The molecule has 3 rings (SSSR count).